The second-order valence-corrected chi connectivity index (χ2v) is 12.4. The predicted octanol–water partition coefficient (Wildman–Crippen LogP) is 5.16. The summed E-state index contributed by atoms with van der Waals surface area (Å²) < 4.78 is 0. The van der Waals surface area contributed by atoms with E-state index >= 15 is 0 Å². The second-order valence-electron chi connectivity index (χ2n) is 11.1. The molecule has 0 aliphatic rings. The van der Waals surface area contributed by atoms with Crippen molar-refractivity contribution < 1.29 is 24.1 Å². The molecule has 11 nitrogen and oxygen atoms in total. The maximum absolute atomic E-state index is 13.9. The van der Waals surface area contributed by atoms with E-state index in [0.29, 0.717) is 4.88 Å². The molecule has 4 amide bonds. The third-order valence-electron chi connectivity index (χ3n) is 7.23. The molecule has 0 aliphatic heterocycles. The minimum Gasteiger partial charge on any atom is -0.342 e. The van der Waals surface area contributed by atoms with E-state index in [1.165, 1.54) is 23.5 Å². The molecule has 0 bridgehead atoms. The zero-order valence-electron chi connectivity index (χ0n) is 25.6. The molecule has 4 aromatic rings. The molecule has 4 rings (SSSR count). The lowest BCUT2D eigenvalue weighted by Gasteiger charge is -2.27. The zero-order chi connectivity index (χ0) is 33.9. The van der Waals surface area contributed by atoms with Crippen molar-refractivity contribution in [2.45, 2.75) is 44.8 Å². The van der Waals surface area contributed by atoms with Gasteiger partial charge in [0.25, 0.3) is 11.6 Å². The summed E-state index contributed by atoms with van der Waals surface area (Å²) in [5.41, 5.74) is 1.40. The molecule has 1 heterocycles. The number of nitrogens with zero attached hydrogens (tertiary/aromatic N) is 1. The molecule has 0 saturated carbocycles. The summed E-state index contributed by atoms with van der Waals surface area (Å²) in [6.07, 6.45) is 0.205. The zero-order valence-corrected chi connectivity index (χ0v) is 27.2. The largest absolute Gasteiger partial charge is 0.342 e. The lowest BCUT2D eigenvalue weighted by Crippen LogP contribution is -2.58. The number of halogens is 1. The first-order chi connectivity index (χ1) is 22.5. The molecule has 3 atom stereocenters. The average Bonchev–Trinajstić information content (AvgIpc) is 3.60. The van der Waals surface area contributed by atoms with Crippen LogP contribution in [0.2, 0.25) is 5.02 Å². The number of amides is 4. The number of carbonyl (C=O) groups is 4. The Balaban J connectivity index is 1.58. The van der Waals surface area contributed by atoms with Crippen molar-refractivity contribution in [1.29, 1.82) is 0 Å². The monoisotopic (exact) mass is 675 g/mol. The highest BCUT2D eigenvalue weighted by molar-refractivity contribution is 7.12. The van der Waals surface area contributed by atoms with Crippen molar-refractivity contribution in [2.75, 3.05) is 5.32 Å². The Labute approximate surface area is 280 Å². The number of non-ortho nitro benzene ring substituents is 1. The van der Waals surface area contributed by atoms with Gasteiger partial charge in [-0.15, -0.1) is 11.3 Å². The van der Waals surface area contributed by atoms with E-state index in [-0.39, 0.29) is 35.2 Å². The summed E-state index contributed by atoms with van der Waals surface area (Å²) in [5, 5.41) is 23.9. The van der Waals surface area contributed by atoms with Crippen LogP contribution in [0.1, 0.15) is 34.6 Å². The molecule has 47 heavy (non-hydrogen) atoms. The molecule has 244 valence electrons. The maximum atomic E-state index is 13.9. The Morgan fingerprint density at radius 3 is 1.85 bits per heavy atom. The topological polar surface area (TPSA) is 160 Å². The Hall–Kier alpha value is -5.07. The minimum absolute atomic E-state index is 0.0455. The first-order valence-corrected chi connectivity index (χ1v) is 16.1. The number of benzene rings is 3. The van der Waals surface area contributed by atoms with E-state index in [9.17, 15) is 29.3 Å². The van der Waals surface area contributed by atoms with Crippen LogP contribution in [0.5, 0.6) is 0 Å². The second kappa shape index (κ2) is 16.5. The summed E-state index contributed by atoms with van der Waals surface area (Å²) in [6.45, 7) is 3.57. The quantitative estimate of drug-likeness (QED) is 0.107. The lowest BCUT2D eigenvalue weighted by molar-refractivity contribution is -0.384. The van der Waals surface area contributed by atoms with Gasteiger partial charge in [0, 0.05) is 25.0 Å². The number of nitrogens with one attached hydrogen (secondary N) is 4. The van der Waals surface area contributed by atoms with Crippen molar-refractivity contribution in [3.63, 3.8) is 0 Å². The summed E-state index contributed by atoms with van der Waals surface area (Å²) in [4.78, 5) is 65.0. The fraction of sp³-hybridized carbons (Fsp3) is 0.235. The number of hydrogen-bond donors (Lipinski definition) is 4. The molecule has 0 aliphatic carbocycles. The van der Waals surface area contributed by atoms with Gasteiger partial charge in [-0.25, -0.2) is 0 Å². The third kappa shape index (κ3) is 9.96. The van der Waals surface area contributed by atoms with Gasteiger partial charge in [-0.3, -0.25) is 29.3 Å². The Kier molecular flexibility index (Phi) is 12.2. The number of anilines is 1. The van der Waals surface area contributed by atoms with Gasteiger partial charge >= 0.3 is 0 Å². The van der Waals surface area contributed by atoms with Gasteiger partial charge in [0.05, 0.1) is 20.5 Å². The van der Waals surface area contributed by atoms with Crippen molar-refractivity contribution >= 4 is 57.9 Å². The van der Waals surface area contributed by atoms with E-state index in [1.54, 1.807) is 55.6 Å². The third-order valence-corrected chi connectivity index (χ3v) is 8.41. The van der Waals surface area contributed by atoms with Gasteiger partial charge in [-0.1, -0.05) is 92.2 Å². The molecule has 1 aromatic heterocycles. The molecule has 0 fully saturated rings. The Bertz CT molecular complexity index is 1700. The summed E-state index contributed by atoms with van der Waals surface area (Å²) in [6, 6.07) is 22.0. The fourth-order valence-electron chi connectivity index (χ4n) is 4.75. The lowest BCUT2D eigenvalue weighted by atomic mass is 10.00. The number of carbonyl (C=O) groups excluding carboxylic acids is 4. The van der Waals surface area contributed by atoms with Crippen LogP contribution in [0.3, 0.4) is 0 Å². The van der Waals surface area contributed by atoms with E-state index in [1.807, 2.05) is 36.4 Å². The predicted molar refractivity (Wildman–Crippen MR) is 181 cm³/mol. The first kappa shape index (κ1) is 34.8. The van der Waals surface area contributed by atoms with Crippen LogP contribution in [-0.2, 0) is 27.2 Å². The number of thiophene rings is 1. The van der Waals surface area contributed by atoms with E-state index in [4.69, 9.17) is 11.6 Å². The van der Waals surface area contributed by atoms with E-state index in [0.717, 1.165) is 17.2 Å². The van der Waals surface area contributed by atoms with Crippen molar-refractivity contribution in [1.82, 2.24) is 16.0 Å². The Morgan fingerprint density at radius 2 is 1.34 bits per heavy atom. The highest BCUT2D eigenvalue weighted by atomic mass is 35.5. The molecule has 4 N–H and O–H groups in total. The molecule has 0 saturated heterocycles. The maximum Gasteiger partial charge on any atom is 0.271 e. The van der Waals surface area contributed by atoms with E-state index in [2.05, 4.69) is 21.3 Å². The molecular formula is C34H34ClN5O6S. The van der Waals surface area contributed by atoms with Crippen LogP contribution in [0.4, 0.5) is 11.4 Å². The van der Waals surface area contributed by atoms with Crippen molar-refractivity contribution in [3.05, 3.63) is 128 Å². The first-order valence-electron chi connectivity index (χ1n) is 14.8. The summed E-state index contributed by atoms with van der Waals surface area (Å²) in [7, 11) is 0. The number of rotatable bonds is 14. The van der Waals surface area contributed by atoms with Gasteiger partial charge in [0.15, 0.2) is 0 Å². The Morgan fingerprint density at radius 1 is 0.766 bits per heavy atom. The SMILES string of the molecule is CC(C)[C@H](NC(=O)c1cccs1)C(=O)N[C@@H](Cc1ccccc1)C(=O)N[C@@H](Cc1ccccc1)C(=O)Nc1ccc([N+](=O)[O-])cc1Cl. The standard InChI is InChI=1S/C34H34ClN5O6S/c1-21(2)30(39-33(43)29-14-9-17-47-29)34(44)38-28(19-23-12-7-4-8-13-23)32(42)37-27(18-22-10-5-3-6-11-22)31(41)36-26-16-15-24(40(45)46)20-25(26)35/h3-17,20-21,27-28,30H,18-19H2,1-2H3,(H,36,41)(H,37,42)(H,38,44)(H,39,43)/t27-,28-,30-/m0/s1. The number of nitro benzene ring substituents is 1. The van der Waals surface area contributed by atoms with Crippen molar-refractivity contribution in [2.24, 2.45) is 5.92 Å². The van der Waals surface area contributed by atoms with Crippen LogP contribution < -0.4 is 21.3 Å². The molecule has 0 radical (unpaired) electrons. The highest BCUT2D eigenvalue weighted by Crippen LogP contribution is 2.27. The molecule has 13 heteroatoms. The summed E-state index contributed by atoms with van der Waals surface area (Å²) in [5.74, 6) is -2.50. The summed E-state index contributed by atoms with van der Waals surface area (Å²) >= 11 is 7.47. The average molecular weight is 676 g/mol. The number of nitro groups is 1. The molecule has 0 spiro atoms. The van der Waals surface area contributed by atoms with Gasteiger partial charge in [0.2, 0.25) is 17.7 Å². The molecule has 0 unspecified atom stereocenters. The molecular weight excluding hydrogens is 642 g/mol. The van der Waals surface area contributed by atoms with E-state index < -0.39 is 46.7 Å². The highest BCUT2D eigenvalue weighted by Gasteiger charge is 2.32. The fourth-order valence-corrected chi connectivity index (χ4v) is 5.59. The van der Waals surface area contributed by atoms with Gasteiger partial charge < -0.3 is 21.3 Å². The molecule has 3 aromatic carbocycles. The van der Waals surface area contributed by atoms with Crippen molar-refractivity contribution in [3.8, 4) is 0 Å². The van der Waals surface area contributed by atoms with Crippen LogP contribution >= 0.6 is 22.9 Å². The van der Waals surface area contributed by atoms with Crippen LogP contribution in [0, 0.1) is 16.0 Å². The smallest absolute Gasteiger partial charge is 0.271 e. The minimum atomic E-state index is -1.12. The van der Waals surface area contributed by atoms with Crippen LogP contribution in [0.15, 0.2) is 96.4 Å². The normalized spacial score (nSPS) is 12.8. The van der Waals surface area contributed by atoms with Gasteiger partial charge in [-0.05, 0) is 34.6 Å². The number of hydrogen-bond acceptors (Lipinski definition) is 7. The van der Waals surface area contributed by atoms with Crippen LogP contribution in [-0.4, -0.2) is 46.7 Å². The van der Waals surface area contributed by atoms with Gasteiger partial charge in [0.1, 0.15) is 18.1 Å². The van der Waals surface area contributed by atoms with Crippen LogP contribution in [0.25, 0.3) is 0 Å². The van der Waals surface area contributed by atoms with Gasteiger partial charge in [-0.2, -0.15) is 0 Å².